The van der Waals surface area contributed by atoms with Gasteiger partial charge in [-0.2, -0.15) is 0 Å². The molecule has 2 N–H and O–H groups in total. The quantitative estimate of drug-likeness (QED) is 0.764. The normalized spacial score (nSPS) is 12.0. The van der Waals surface area contributed by atoms with Crippen LogP contribution in [0, 0.1) is 0 Å². The third-order valence-corrected chi connectivity index (χ3v) is 3.42. The van der Waals surface area contributed by atoms with Crippen LogP contribution in [0.25, 0.3) is 5.69 Å². The topological polar surface area (TPSA) is 50.1 Å². The number of phenolic OH excluding ortho intramolecular Hbond substituents is 1. The number of nitrogens with zero attached hydrogens (tertiary/aromatic N) is 2. The highest BCUT2D eigenvalue weighted by Gasteiger charge is 2.06. The van der Waals surface area contributed by atoms with Crippen molar-refractivity contribution in [3.63, 3.8) is 0 Å². The summed E-state index contributed by atoms with van der Waals surface area (Å²) in [5.41, 5.74) is 3.17. The third-order valence-electron chi connectivity index (χ3n) is 3.42. The van der Waals surface area contributed by atoms with Crippen molar-refractivity contribution in [2.24, 2.45) is 0 Å². The molecular formula is C17H17N3O. The zero-order valence-corrected chi connectivity index (χ0v) is 11.8. The molecule has 1 aromatic heterocycles. The first kappa shape index (κ1) is 13.2. The number of aromatic nitrogens is 2. The Morgan fingerprint density at radius 3 is 2.62 bits per heavy atom. The number of anilines is 1. The van der Waals surface area contributed by atoms with Crippen LogP contribution in [0.1, 0.15) is 18.5 Å². The van der Waals surface area contributed by atoms with Crippen molar-refractivity contribution in [2.45, 2.75) is 13.0 Å². The first-order valence-corrected chi connectivity index (χ1v) is 6.86. The summed E-state index contributed by atoms with van der Waals surface area (Å²) in [7, 11) is 0. The number of benzene rings is 2. The summed E-state index contributed by atoms with van der Waals surface area (Å²) in [6.45, 7) is 2.09. The van der Waals surface area contributed by atoms with Gasteiger partial charge in [0.2, 0.25) is 0 Å². The highest BCUT2D eigenvalue weighted by Crippen LogP contribution is 2.22. The van der Waals surface area contributed by atoms with Crippen LogP contribution in [0.4, 0.5) is 5.69 Å². The molecule has 4 nitrogen and oxygen atoms in total. The van der Waals surface area contributed by atoms with Crippen LogP contribution in [-0.2, 0) is 0 Å². The number of nitrogens with one attached hydrogen (secondary N) is 1. The number of rotatable bonds is 4. The molecule has 0 radical (unpaired) electrons. The fourth-order valence-electron chi connectivity index (χ4n) is 2.28. The van der Waals surface area contributed by atoms with E-state index >= 15 is 0 Å². The van der Waals surface area contributed by atoms with Crippen LogP contribution in [0.3, 0.4) is 0 Å². The van der Waals surface area contributed by atoms with Crippen molar-refractivity contribution >= 4 is 5.69 Å². The van der Waals surface area contributed by atoms with Crippen LogP contribution < -0.4 is 5.32 Å². The smallest absolute Gasteiger partial charge is 0.117 e. The van der Waals surface area contributed by atoms with E-state index in [4.69, 9.17) is 0 Å². The molecule has 0 saturated carbocycles. The second-order valence-electron chi connectivity index (χ2n) is 4.98. The van der Waals surface area contributed by atoms with Crippen LogP contribution in [0.2, 0.25) is 0 Å². The number of hydrogen-bond donors (Lipinski definition) is 2. The highest BCUT2D eigenvalue weighted by molar-refractivity contribution is 5.49. The lowest BCUT2D eigenvalue weighted by Crippen LogP contribution is -2.06. The molecule has 0 fully saturated rings. The van der Waals surface area contributed by atoms with E-state index in [0.717, 1.165) is 11.4 Å². The fraction of sp³-hybridized carbons (Fsp3) is 0.118. The van der Waals surface area contributed by atoms with Gasteiger partial charge < -0.3 is 15.0 Å². The molecule has 2 aromatic carbocycles. The molecule has 1 unspecified atom stereocenters. The Hall–Kier alpha value is -2.75. The summed E-state index contributed by atoms with van der Waals surface area (Å²) in [5.74, 6) is 0.266. The van der Waals surface area contributed by atoms with Gasteiger partial charge in [-0.3, -0.25) is 0 Å². The average Bonchev–Trinajstić information content (AvgIpc) is 3.01. The number of aromatic hydroxyl groups is 1. The van der Waals surface area contributed by atoms with E-state index in [1.165, 1.54) is 5.56 Å². The van der Waals surface area contributed by atoms with Gasteiger partial charge in [-0.05, 0) is 36.8 Å². The standard InChI is InChI=1S/C17H17N3O/c1-13(19-15-3-2-4-17(21)11-15)14-5-7-16(8-6-14)20-10-9-18-12-20/h2-13,19,21H,1H3. The molecule has 0 aliphatic rings. The minimum atomic E-state index is 0.156. The van der Waals surface area contributed by atoms with Gasteiger partial charge >= 0.3 is 0 Å². The first-order valence-electron chi connectivity index (χ1n) is 6.86. The molecule has 3 rings (SSSR count). The average molecular weight is 279 g/mol. The summed E-state index contributed by atoms with van der Waals surface area (Å²) in [4.78, 5) is 4.05. The Morgan fingerprint density at radius 1 is 1.14 bits per heavy atom. The molecule has 0 bridgehead atoms. The van der Waals surface area contributed by atoms with Crippen molar-refractivity contribution < 1.29 is 5.11 Å². The molecule has 3 aromatic rings. The molecule has 0 amide bonds. The van der Waals surface area contributed by atoms with Crippen molar-refractivity contribution in [2.75, 3.05) is 5.32 Å². The van der Waals surface area contributed by atoms with Gasteiger partial charge in [-0.25, -0.2) is 4.98 Å². The molecule has 0 aliphatic carbocycles. The molecule has 0 spiro atoms. The van der Waals surface area contributed by atoms with E-state index in [-0.39, 0.29) is 11.8 Å². The van der Waals surface area contributed by atoms with Crippen molar-refractivity contribution in [1.29, 1.82) is 0 Å². The zero-order chi connectivity index (χ0) is 14.7. The van der Waals surface area contributed by atoms with E-state index < -0.39 is 0 Å². The predicted molar refractivity (Wildman–Crippen MR) is 83.7 cm³/mol. The predicted octanol–water partition coefficient (Wildman–Crippen LogP) is 3.75. The molecular weight excluding hydrogens is 262 g/mol. The molecule has 1 atom stereocenters. The Kier molecular flexibility index (Phi) is 3.60. The summed E-state index contributed by atoms with van der Waals surface area (Å²) in [6.07, 6.45) is 5.47. The van der Waals surface area contributed by atoms with E-state index in [1.54, 1.807) is 24.7 Å². The lowest BCUT2D eigenvalue weighted by atomic mass is 10.1. The zero-order valence-electron chi connectivity index (χ0n) is 11.8. The minimum Gasteiger partial charge on any atom is -0.508 e. The molecule has 0 aliphatic heterocycles. The fourth-order valence-corrected chi connectivity index (χ4v) is 2.28. The van der Waals surface area contributed by atoms with Gasteiger partial charge in [0.1, 0.15) is 5.75 Å². The van der Waals surface area contributed by atoms with Crippen molar-refractivity contribution in [3.05, 3.63) is 72.8 Å². The lowest BCUT2D eigenvalue weighted by molar-refractivity contribution is 0.475. The minimum absolute atomic E-state index is 0.156. The summed E-state index contributed by atoms with van der Waals surface area (Å²) in [6, 6.07) is 15.6. The Balaban J connectivity index is 1.74. The van der Waals surface area contributed by atoms with Gasteiger partial charge in [0.15, 0.2) is 0 Å². The van der Waals surface area contributed by atoms with Gasteiger partial charge in [-0.15, -0.1) is 0 Å². The highest BCUT2D eigenvalue weighted by atomic mass is 16.3. The molecule has 106 valence electrons. The maximum Gasteiger partial charge on any atom is 0.117 e. The molecule has 4 heteroatoms. The summed E-state index contributed by atoms with van der Waals surface area (Å²) in [5, 5.41) is 12.9. The molecule has 0 saturated heterocycles. The second-order valence-corrected chi connectivity index (χ2v) is 4.98. The van der Waals surface area contributed by atoms with Crippen LogP contribution >= 0.6 is 0 Å². The van der Waals surface area contributed by atoms with E-state index in [2.05, 4.69) is 41.5 Å². The largest absolute Gasteiger partial charge is 0.508 e. The van der Waals surface area contributed by atoms with Crippen LogP contribution in [0.5, 0.6) is 5.75 Å². The van der Waals surface area contributed by atoms with E-state index in [1.807, 2.05) is 22.9 Å². The molecule has 1 heterocycles. The lowest BCUT2D eigenvalue weighted by Gasteiger charge is -2.16. The maximum absolute atomic E-state index is 9.49. The van der Waals surface area contributed by atoms with Gasteiger partial charge in [0.25, 0.3) is 0 Å². The molecule has 21 heavy (non-hydrogen) atoms. The van der Waals surface area contributed by atoms with Crippen LogP contribution in [0.15, 0.2) is 67.3 Å². The third kappa shape index (κ3) is 3.05. The van der Waals surface area contributed by atoms with Gasteiger partial charge in [0.05, 0.1) is 6.33 Å². The summed E-state index contributed by atoms with van der Waals surface area (Å²) < 4.78 is 1.97. The van der Waals surface area contributed by atoms with Gasteiger partial charge in [0, 0.05) is 35.9 Å². The van der Waals surface area contributed by atoms with Crippen molar-refractivity contribution in [1.82, 2.24) is 9.55 Å². The number of phenols is 1. The Morgan fingerprint density at radius 2 is 1.95 bits per heavy atom. The maximum atomic E-state index is 9.49. The van der Waals surface area contributed by atoms with Crippen LogP contribution in [-0.4, -0.2) is 14.7 Å². The number of hydrogen-bond acceptors (Lipinski definition) is 3. The van der Waals surface area contributed by atoms with Gasteiger partial charge in [-0.1, -0.05) is 18.2 Å². The first-order chi connectivity index (χ1) is 10.2. The Bertz CT molecular complexity index is 705. The van der Waals surface area contributed by atoms with E-state index in [0.29, 0.717) is 0 Å². The van der Waals surface area contributed by atoms with E-state index in [9.17, 15) is 5.11 Å². The SMILES string of the molecule is CC(Nc1cccc(O)c1)c1ccc(-n2ccnc2)cc1. The summed E-state index contributed by atoms with van der Waals surface area (Å²) >= 11 is 0. The Labute approximate surface area is 123 Å². The van der Waals surface area contributed by atoms with Crippen molar-refractivity contribution in [3.8, 4) is 11.4 Å². The number of imidazole rings is 1. The second kappa shape index (κ2) is 5.71. The monoisotopic (exact) mass is 279 g/mol.